The van der Waals surface area contributed by atoms with Gasteiger partial charge >= 0.3 is 49.7 Å². The molecule has 0 rings (SSSR count). The van der Waals surface area contributed by atoms with Crippen molar-refractivity contribution in [2.45, 2.75) is 0 Å². The summed E-state index contributed by atoms with van der Waals surface area (Å²) in [7, 11) is 0. The SMILES string of the molecule is NN[C](=O)[Y]. The van der Waals surface area contributed by atoms with E-state index in [2.05, 4.69) is 5.84 Å². The van der Waals surface area contributed by atoms with Crippen molar-refractivity contribution in [1.29, 1.82) is 0 Å². The van der Waals surface area contributed by atoms with Crippen LogP contribution in [-0.4, -0.2) is 2.72 Å². The minimum absolute atomic E-state index is 0.0876. The summed E-state index contributed by atoms with van der Waals surface area (Å²) in [5.74, 6) is 4.60. The van der Waals surface area contributed by atoms with Crippen molar-refractivity contribution < 1.29 is 35.7 Å². The maximum absolute atomic E-state index is 9.63. The normalized spacial score (nSPS) is 6.40. The van der Waals surface area contributed by atoms with E-state index in [1.54, 1.807) is 0 Å². The number of hydrogen-bond acceptors (Lipinski definition) is 2. The van der Waals surface area contributed by atoms with Crippen LogP contribution in [0.1, 0.15) is 0 Å². The van der Waals surface area contributed by atoms with Crippen LogP contribution >= 0.6 is 0 Å². The fourth-order valence-corrected chi connectivity index (χ4v) is 0. The zero-order valence-electron chi connectivity index (χ0n) is 2.56. The molecule has 3 nitrogen and oxygen atoms in total. The predicted octanol–water partition coefficient (Wildman–Crippen LogP) is -0.883. The van der Waals surface area contributed by atoms with Gasteiger partial charge in [0, 0.05) is 0 Å². The molecule has 0 atom stereocenters. The van der Waals surface area contributed by atoms with Gasteiger partial charge in [-0.05, 0) is 0 Å². The third-order valence-corrected chi connectivity index (χ3v) is 0.552. The van der Waals surface area contributed by atoms with Crippen molar-refractivity contribution in [3.63, 3.8) is 0 Å². The van der Waals surface area contributed by atoms with E-state index in [4.69, 9.17) is 0 Å². The number of hydrogen-bond donors (Lipinski definition) is 2. The molecule has 1 amide bonds. The van der Waals surface area contributed by atoms with E-state index in [0.717, 1.165) is 0 Å². The second-order valence-corrected chi connectivity index (χ2v) is 1.80. The first kappa shape index (κ1) is 5.53. The Balaban J connectivity index is 2.85. The van der Waals surface area contributed by atoms with Crippen LogP contribution in [0.25, 0.3) is 0 Å². The van der Waals surface area contributed by atoms with Crippen LogP contribution < -0.4 is 11.3 Å². The molecule has 3 N–H and O–H groups in total. The molecule has 0 spiro atoms. The van der Waals surface area contributed by atoms with Crippen molar-refractivity contribution >= 4 is 2.72 Å². The summed E-state index contributed by atoms with van der Waals surface area (Å²) in [5.41, 5.74) is 1.95. The van der Waals surface area contributed by atoms with Gasteiger partial charge in [-0.15, -0.1) is 0 Å². The second-order valence-electron chi connectivity index (χ2n) is 0.509. The van der Waals surface area contributed by atoms with Gasteiger partial charge in [-0.3, -0.25) is 0 Å². The van der Waals surface area contributed by atoms with Crippen LogP contribution in [0.2, 0.25) is 0 Å². The Bertz CT molecular complexity index is 44.9. The summed E-state index contributed by atoms with van der Waals surface area (Å²) in [6.45, 7) is 0. The molecule has 0 aromatic rings. The zero-order chi connectivity index (χ0) is 4.28. The van der Waals surface area contributed by atoms with E-state index in [1.165, 1.54) is 0 Å². The number of rotatable bonds is 0. The average Bonchev–Trinajstić information content (AvgIpc) is 1.38. The first-order chi connectivity index (χ1) is 2.27. The van der Waals surface area contributed by atoms with Crippen LogP contribution in [0, 0.1) is 0 Å². The third-order valence-electron chi connectivity index (χ3n) is 0.142. The van der Waals surface area contributed by atoms with E-state index in [1.807, 2.05) is 5.43 Å². The Morgan fingerprint density at radius 1 is 2.00 bits per heavy atom. The van der Waals surface area contributed by atoms with Crippen molar-refractivity contribution in [1.82, 2.24) is 5.43 Å². The van der Waals surface area contributed by atoms with Gasteiger partial charge in [0.05, 0.1) is 0 Å². The number of hydrazine groups is 1. The zero-order valence-corrected chi connectivity index (χ0v) is 5.40. The molecular formula is CH3N2OY. The number of carbonyl (C=O) groups excluding carboxylic acids is 1. The van der Waals surface area contributed by atoms with Gasteiger partial charge in [-0.25, -0.2) is 0 Å². The molecule has 0 radical (unpaired) electrons. The van der Waals surface area contributed by atoms with Crippen LogP contribution in [-0.2, 0) is 31.0 Å². The fraction of sp³-hybridized carbons (Fsp3) is 0. The van der Waals surface area contributed by atoms with Gasteiger partial charge in [0.25, 0.3) is 0 Å². The number of nitrogens with two attached hydrogens (primary N) is 1. The average molecular weight is 148 g/mol. The molecule has 0 saturated heterocycles. The van der Waals surface area contributed by atoms with E-state index in [0.29, 0.717) is 31.0 Å². The van der Waals surface area contributed by atoms with Gasteiger partial charge in [0.2, 0.25) is 0 Å². The molecule has 4 heteroatoms. The first-order valence-corrected chi connectivity index (χ1v) is 2.45. The van der Waals surface area contributed by atoms with E-state index < -0.39 is 0 Å². The van der Waals surface area contributed by atoms with E-state index in [-0.39, 0.29) is 2.72 Å². The quantitative estimate of drug-likeness (QED) is 0.266. The second kappa shape index (κ2) is 2.75. The van der Waals surface area contributed by atoms with Crippen molar-refractivity contribution in [3.8, 4) is 0 Å². The molecule has 26 valence electrons. The van der Waals surface area contributed by atoms with Gasteiger partial charge in [-0.1, -0.05) is 0 Å². The topological polar surface area (TPSA) is 55.1 Å². The van der Waals surface area contributed by atoms with Crippen LogP contribution in [0.4, 0.5) is 4.79 Å². The molecule has 0 saturated carbocycles. The summed E-state index contributed by atoms with van der Waals surface area (Å²) >= 11 is 0.549. The van der Waals surface area contributed by atoms with E-state index in [9.17, 15) is 4.79 Å². The number of carbonyl (C=O) groups is 1. The summed E-state index contributed by atoms with van der Waals surface area (Å²) in [6.07, 6.45) is 0. The number of amides is 1. The Morgan fingerprint density at radius 3 is 2.20 bits per heavy atom. The fourth-order valence-electron chi connectivity index (χ4n) is 0. The molecule has 0 aromatic carbocycles. The minimum atomic E-state index is -0.0876. The molecule has 0 aliphatic rings. The van der Waals surface area contributed by atoms with Gasteiger partial charge in [0.15, 0.2) is 0 Å². The van der Waals surface area contributed by atoms with Gasteiger partial charge < -0.3 is 0 Å². The number of nitrogens with one attached hydrogen (secondary N) is 1. The molecule has 0 fully saturated rings. The molecule has 0 aromatic heterocycles. The summed E-state index contributed by atoms with van der Waals surface area (Å²) in [6, 6.07) is 0. The Hall–Kier alpha value is 0.534. The predicted molar refractivity (Wildman–Crippen MR) is 12.7 cm³/mol. The molecule has 0 aliphatic carbocycles. The molecule has 0 bridgehead atoms. The molecular weight excluding hydrogens is 145 g/mol. The monoisotopic (exact) mass is 148 g/mol. The third kappa shape index (κ3) is 4.53. The van der Waals surface area contributed by atoms with Crippen molar-refractivity contribution in [2.75, 3.05) is 0 Å². The Kier molecular flexibility index (Phi) is 3.05. The maximum atomic E-state index is 9.63. The molecule has 5 heavy (non-hydrogen) atoms. The summed E-state index contributed by atoms with van der Waals surface area (Å²) in [5, 5.41) is 0. The molecule has 0 aliphatic heterocycles. The summed E-state index contributed by atoms with van der Waals surface area (Å²) in [4.78, 5) is 9.63. The van der Waals surface area contributed by atoms with Crippen LogP contribution in [0.3, 0.4) is 0 Å². The van der Waals surface area contributed by atoms with Crippen molar-refractivity contribution in [2.24, 2.45) is 5.84 Å². The van der Waals surface area contributed by atoms with E-state index >= 15 is 0 Å². The first-order valence-electron chi connectivity index (χ1n) is 1.03. The Morgan fingerprint density at radius 2 is 2.20 bits per heavy atom. The molecule has 0 heterocycles. The van der Waals surface area contributed by atoms with Gasteiger partial charge in [0.1, 0.15) is 0 Å². The standard InChI is InChI=1S/CH3N2O.Y/c2-3-1-4;/h2H2,(H,3,4);. The molecule has 0 unspecified atom stereocenters. The summed E-state index contributed by atoms with van der Waals surface area (Å²) < 4.78 is -0.0876. The Labute approximate surface area is 49.7 Å². The van der Waals surface area contributed by atoms with Crippen LogP contribution in [0.5, 0.6) is 0 Å². The van der Waals surface area contributed by atoms with Crippen LogP contribution in [0.15, 0.2) is 0 Å². The van der Waals surface area contributed by atoms with Gasteiger partial charge in [-0.2, -0.15) is 0 Å². The van der Waals surface area contributed by atoms with Crippen molar-refractivity contribution in [3.05, 3.63) is 0 Å².